The quantitative estimate of drug-likeness (QED) is 0.817. The summed E-state index contributed by atoms with van der Waals surface area (Å²) in [5, 5.41) is 6.89. The number of hydrogen-bond acceptors (Lipinski definition) is 2. The first-order chi connectivity index (χ1) is 8.59. The van der Waals surface area contributed by atoms with E-state index in [1.165, 1.54) is 0 Å². The molecule has 1 aliphatic rings. The van der Waals surface area contributed by atoms with Crippen molar-refractivity contribution >= 4 is 50.9 Å². The van der Waals surface area contributed by atoms with E-state index in [0.29, 0.717) is 29.7 Å². The molecule has 0 unspecified atom stereocenters. The fourth-order valence-electron chi connectivity index (χ4n) is 1.71. The lowest BCUT2D eigenvalue weighted by molar-refractivity contribution is 0.219. The van der Waals surface area contributed by atoms with Gasteiger partial charge in [0.2, 0.25) is 0 Å². The summed E-state index contributed by atoms with van der Waals surface area (Å²) in [4.78, 5) is 13.1. The normalized spacial score (nSPS) is 14.8. The molecule has 2 N–H and O–H groups in total. The summed E-state index contributed by atoms with van der Waals surface area (Å²) in [5.41, 5.74) is 0.768. The van der Waals surface area contributed by atoms with Crippen LogP contribution >= 0.6 is 39.1 Å². The van der Waals surface area contributed by atoms with E-state index in [0.717, 1.165) is 16.7 Å². The van der Waals surface area contributed by atoms with Crippen LogP contribution in [0.1, 0.15) is 0 Å². The van der Waals surface area contributed by atoms with Gasteiger partial charge in [-0.1, -0.05) is 23.2 Å². The molecule has 0 bridgehead atoms. The molecule has 0 atom stereocenters. The molecule has 1 fully saturated rings. The Morgan fingerprint density at radius 2 is 2.17 bits per heavy atom. The highest BCUT2D eigenvalue weighted by molar-refractivity contribution is 9.10. The van der Waals surface area contributed by atoms with E-state index in [9.17, 15) is 4.79 Å². The highest BCUT2D eigenvalue weighted by atomic mass is 79.9. The largest absolute Gasteiger partial charge is 0.382 e. The van der Waals surface area contributed by atoms with E-state index in [2.05, 4.69) is 26.6 Å². The molecule has 0 aromatic heterocycles. The van der Waals surface area contributed by atoms with Gasteiger partial charge in [-0.2, -0.15) is 0 Å². The Kier molecular flexibility index (Phi) is 4.59. The second kappa shape index (κ2) is 5.99. The van der Waals surface area contributed by atoms with Gasteiger partial charge in [0.05, 0.1) is 15.7 Å². The summed E-state index contributed by atoms with van der Waals surface area (Å²) >= 11 is 15.4. The minimum atomic E-state index is -0.0169. The number of halogens is 3. The summed E-state index contributed by atoms with van der Waals surface area (Å²) < 4.78 is 0.763. The smallest absolute Gasteiger partial charge is 0.317 e. The lowest BCUT2D eigenvalue weighted by Gasteiger charge is -2.16. The molecule has 0 aliphatic carbocycles. The van der Waals surface area contributed by atoms with Gasteiger partial charge in [0.1, 0.15) is 0 Å². The van der Waals surface area contributed by atoms with E-state index >= 15 is 0 Å². The number of rotatable bonds is 4. The third kappa shape index (κ3) is 3.02. The van der Waals surface area contributed by atoms with Crippen LogP contribution in [-0.4, -0.2) is 37.1 Å². The molecular weight excluding hydrogens is 341 g/mol. The van der Waals surface area contributed by atoms with Crippen LogP contribution in [0.2, 0.25) is 10.0 Å². The molecule has 1 aromatic carbocycles. The van der Waals surface area contributed by atoms with E-state index in [4.69, 9.17) is 23.2 Å². The Labute approximate surface area is 124 Å². The predicted octanol–water partition coefficient (Wildman–Crippen LogP) is 3.19. The average molecular weight is 353 g/mol. The molecule has 1 saturated heterocycles. The predicted molar refractivity (Wildman–Crippen MR) is 77.6 cm³/mol. The van der Waals surface area contributed by atoms with Crippen LogP contribution in [0.4, 0.5) is 10.5 Å². The number of amides is 2. The van der Waals surface area contributed by atoms with Gasteiger partial charge in [0.15, 0.2) is 0 Å². The molecule has 0 spiro atoms. The molecule has 1 heterocycles. The van der Waals surface area contributed by atoms with Crippen LogP contribution < -0.4 is 10.6 Å². The van der Waals surface area contributed by atoms with Crippen molar-refractivity contribution in [2.75, 3.05) is 31.5 Å². The summed E-state index contributed by atoms with van der Waals surface area (Å²) in [6, 6.07) is 3.67. The molecule has 2 rings (SSSR count). The Balaban J connectivity index is 1.90. The van der Waals surface area contributed by atoms with Gasteiger partial charge in [0, 0.05) is 30.7 Å². The van der Waals surface area contributed by atoms with Crippen molar-refractivity contribution in [3.8, 4) is 0 Å². The van der Waals surface area contributed by atoms with E-state index in [-0.39, 0.29) is 6.03 Å². The van der Waals surface area contributed by atoms with Crippen LogP contribution in [0.15, 0.2) is 16.6 Å². The van der Waals surface area contributed by atoms with Gasteiger partial charge >= 0.3 is 6.03 Å². The first-order valence-electron chi connectivity index (χ1n) is 5.49. The monoisotopic (exact) mass is 351 g/mol. The highest BCUT2D eigenvalue weighted by Gasteiger charge is 2.18. The van der Waals surface area contributed by atoms with Crippen molar-refractivity contribution < 1.29 is 4.79 Å². The number of anilines is 1. The van der Waals surface area contributed by atoms with Crippen molar-refractivity contribution in [2.24, 2.45) is 0 Å². The fraction of sp³-hybridized carbons (Fsp3) is 0.364. The zero-order chi connectivity index (χ0) is 13.1. The summed E-state index contributed by atoms with van der Waals surface area (Å²) in [7, 11) is 0. The fourth-order valence-corrected chi connectivity index (χ4v) is 2.55. The Hall–Kier alpha value is -0.650. The van der Waals surface area contributed by atoms with Gasteiger partial charge < -0.3 is 15.5 Å². The van der Waals surface area contributed by atoms with Gasteiger partial charge in [-0.05, 0) is 28.1 Å². The molecule has 7 heteroatoms. The van der Waals surface area contributed by atoms with Gasteiger partial charge in [-0.25, -0.2) is 4.79 Å². The van der Waals surface area contributed by atoms with Crippen molar-refractivity contribution in [3.05, 3.63) is 26.7 Å². The van der Waals surface area contributed by atoms with Crippen LogP contribution in [0.5, 0.6) is 0 Å². The minimum Gasteiger partial charge on any atom is -0.382 e. The third-order valence-electron chi connectivity index (χ3n) is 2.68. The number of carbonyl (C=O) groups is 1. The second-order valence-electron chi connectivity index (χ2n) is 3.87. The lowest BCUT2D eigenvalue weighted by atomic mass is 10.3. The SMILES string of the molecule is O=C1NCCN1CCNc1ccc(Br)c(Cl)c1Cl. The summed E-state index contributed by atoms with van der Waals surface area (Å²) in [5.74, 6) is 0. The second-order valence-corrected chi connectivity index (χ2v) is 5.48. The van der Waals surface area contributed by atoms with E-state index in [1.807, 2.05) is 12.1 Å². The van der Waals surface area contributed by atoms with Gasteiger partial charge in [0.25, 0.3) is 0 Å². The standard InChI is InChI=1S/C11H12BrCl2N3O/c12-7-1-2-8(10(14)9(7)13)15-3-5-17-6-4-16-11(17)18/h1-2,15H,3-6H2,(H,16,18). The Morgan fingerprint density at radius 3 is 2.83 bits per heavy atom. The molecule has 4 nitrogen and oxygen atoms in total. The molecule has 0 saturated carbocycles. The Morgan fingerprint density at radius 1 is 1.39 bits per heavy atom. The average Bonchev–Trinajstić information content (AvgIpc) is 2.75. The van der Waals surface area contributed by atoms with Crippen LogP contribution in [0, 0.1) is 0 Å². The van der Waals surface area contributed by atoms with Crippen LogP contribution in [0.3, 0.4) is 0 Å². The molecule has 98 valence electrons. The van der Waals surface area contributed by atoms with Crippen molar-refractivity contribution in [3.63, 3.8) is 0 Å². The van der Waals surface area contributed by atoms with E-state index in [1.54, 1.807) is 4.90 Å². The van der Waals surface area contributed by atoms with Crippen molar-refractivity contribution in [1.82, 2.24) is 10.2 Å². The summed E-state index contributed by atoms with van der Waals surface area (Å²) in [6.45, 7) is 2.72. The molecule has 18 heavy (non-hydrogen) atoms. The van der Waals surface area contributed by atoms with Gasteiger partial charge in [-0.3, -0.25) is 0 Å². The molecule has 0 radical (unpaired) electrons. The van der Waals surface area contributed by atoms with Crippen LogP contribution in [0.25, 0.3) is 0 Å². The van der Waals surface area contributed by atoms with Crippen molar-refractivity contribution in [1.29, 1.82) is 0 Å². The highest BCUT2D eigenvalue weighted by Crippen LogP contribution is 2.35. The maximum absolute atomic E-state index is 11.3. The van der Waals surface area contributed by atoms with Crippen LogP contribution in [-0.2, 0) is 0 Å². The number of carbonyl (C=O) groups excluding carboxylic acids is 1. The molecular formula is C11H12BrCl2N3O. The van der Waals surface area contributed by atoms with E-state index < -0.39 is 0 Å². The molecule has 1 aliphatic heterocycles. The number of urea groups is 1. The number of nitrogens with one attached hydrogen (secondary N) is 2. The number of nitrogens with zero attached hydrogens (tertiary/aromatic N) is 1. The first-order valence-corrected chi connectivity index (χ1v) is 7.04. The third-order valence-corrected chi connectivity index (χ3v) is 4.45. The maximum atomic E-state index is 11.3. The molecule has 1 aromatic rings. The Bertz CT molecular complexity index is 470. The maximum Gasteiger partial charge on any atom is 0.317 e. The zero-order valence-electron chi connectivity index (χ0n) is 9.47. The summed E-state index contributed by atoms with van der Waals surface area (Å²) in [6.07, 6.45) is 0. The lowest BCUT2D eigenvalue weighted by Crippen LogP contribution is -2.32. The number of benzene rings is 1. The minimum absolute atomic E-state index is 0.0169. The topological polar surface area (TPSA) is 44.4 Å². The van der Waals surface area contributed by atoms with Crippen molar-refractivity contribution in [2.45, 2.75) is 0 Å². The molecule has 2 amide bonds. The zero-order valence-corrected chi connectivity index (χ0v) is 12.6. The van der Waals surface area contributed by atoms with Gasteiger partial charge in [-0.15, -0.1) is 0 Å². The number of hydrogen-bond donors (Lipinski definition) is 2. The first kappa shape index (κ1) is 13.8.